The molecule has 0 aromatic rings. The molecule has 0 aromatic carbocycles. The van der Waals surface area contributed by atoms with Crippen molar-refractivity contribution in [1.29, 1.82) is 0 Å². The number of hydrogen-bond donors (Lipinski definition) is 1. The summed E-state index contributed by atoms with van der Waals surface area (Å²) in [6.45, 7) is 7.28. The summed E-state index contributed by atoms with van der Waals surface area (Å²) in [7, 11) is 0. The molecule has 2 saturated carbocycles. The van der Waals surface area contributed by atoms with Crippen molar-refractivity contribution in [1.82, 2.24) is 5.32 Å². The minimum absolute atomic E-state index is 0.802. The summed E-state index contributed by atoms with van der Waals surface area (Å²) < 4.78 is 0. The van der Waals surface area contributed by atoms with Crippen LogP contribution < -0.4 is 5.32 Å². The maximum Gasteiger partial charge on any atom is 0.00979 e. The Bertz CT molecular complexity index is 220. The van der Waals surface area contributed by atoms with E-state index in [-0.39, 0.29) is 0 Å². The molecule has 5 atom stereocenters. The number of nitrogens with one attached hydrogen (secondary N) is 1. The molecular weight excluding hydrogens is 206 g/mol. The zero-order valence-electron chi connectivity index (χ0n) is 12.0. The molecule has 0 aliphatic heterocycles. The maximum absolute atomic E-state index is 4.04. The Labute approximate surface area is 108 Å². The van der Waals surface area contributed by atoms with Crippen molar-refractivity contribution in [2.75, 3.05) is 0 Å². The molecule has 2 fully saturated rings. The highest BCUT2D eigenvalue weighted by atomic mass is 15.0. The van der Waals surface area contributed by atoms with Crippen LogP contribution in [0, 0.1) is 17.8 Å². The quantitative estimate of drug-likeness (QED) is 0.768. The van der Waals surface area contributed by atoms with Crippen molar-refractivity contribution in [2.24, 2.45) is 17.8 Å². The lowest BCUT2D eigenvalue weighted by Crippen LogP contribution is -2.49. The molecule has 1 heteroatoms. The van der Waals surface area contributed by atoms with Crippen LogP contribution >= 0.6 is 0 Å². The van der Waals surface area contributed by atoms with Gasteiger partial charge in [0.05, 0.1) is 0 Å². The molecule has 17 heavy (non-hydrogen) atoms. The predicted octanol–water partition coefficient (Wildman–Crippen LogP) is 4.37. The van der Waals surface area contributed by atoms with Crippen LogP contribution in [0.15, 0.2) is 0 Å². The molecule has 0 amide bonds. The Kier molecular flexibility index (Phi) is 4.90. The predicted molar refractivity (Wildman–Crippen MR) is 75.1 cm³/mol. The van der Waals surface area contributed by atoms with E-state index in [0.29, 0.717) is 0 Å². The van der Waals surface area contributed by atoms with Gasteiger partial charge < -0.3 is 5.32 Å². The summed E-state index contributed by atoms with van der Waals surface area (Å²) in [5.74, 6) is 2.75. The first kappa shape index (κ1) is 13.4. The first-order chi connectivity index (χ1) is 8.22. The van der Waals surface area contributed by atoms with Crippen molar-refractivity contribution in [2.45, 2.75) is 84.2 Å². The van der Waals surface area contributed by atoms with Crippen molar-refractivity contribution in [3.8, 4) is 0 Å². The van der Waals surface area contributed by atoms with E-state index in [1.54, 1.807) is 0 Å². The van der Waals surface area contributed by atoms with Gasteiger partial charge >= 0.3 is 0 Å². The van der Waals surface area contributed by atoms with E-state index in [1.165, 1.54) is 51.4 Å². The summed E-state index contributed by atoms with van der Waals surface area (Å²) in [6, 6.07) is 1.63. The van der Waals surface area contributed by atoms with Crippen molar-refractivity contribution >= 4 is 0 Å². The summed E-state index contributed by atoms with van der Waals surface area (Å²) in [5.41, 5.74) is 0. The fourth-order valence-electron chi connectivity index (χ4n) is 4.01. The molecule has 100 valence electrons. The van der Waals surface area contributed by atoms with Crippen LogP contribution in [0.5, 0.6) is 0 Å². The molecule has 0 spiro atoms. The zero-order chi connectivity index (χ0) is 12.3. The van der Waals surface area contributed by atoms with E-state index in [2.05, 4.69) is 26.1 Å². The number of rotatable bonds is 3. The minimum Gasteiger partial charge on any atom is -0.311 e. The summed E-state index contributed by atoms with van der Waals surface area (Å²) in [5, 5.41) is 4.04. The van der Waals surface area contributed by atoms with Crippen LogP contribution in [0.25, 0.3) is 0 Å². The largest absolute Gasteiger partial charge is 0.311 e. The first-order valence-electron chi connectivity index (χ1n) is 7.98. The fourth-order valence-corrected chi connectivity index (χ4v) is 4.01. The molecule has 2 aliphatic carbocycles. The van der Waals surface area contributed by atoms with Gasteiger partial charge in [-0.3, -0.25) is 0 Å². The van der Waals surface area contributed by atoms with Crippen LogP contribution in [-0.2, 0) is 0 Å². The Morgan fingerprint density at radius 3 is 2.35 bits per heavy atom. The van der Waals surface area contributed by atoms with E-state index < -0.39 is 0 Å². The van der Waals surface area contributed by atoms with Gasteiger partial charge in [-0.2, -0.15) is 0 Å². The highest BCUT2D eigenvalue weighted by Gasteiger charge is 2.31. The van der Waals surface area contributed by atoms with Gasteiger partial charge in [0.15, 0.2) is 0 Å². The average Bonchev–Trinajstić information content (AvgIpc) is 2.35. The van der Waals surface area contributed by atoms with Crippen LogP contribution in [0.1, 0.15) is 72.1 Å². The topological polar surface area (TPSA) is 12.0 Å². The SMILES string of the molecule is CCC1CCCCC1NC1CCCC(C)C1C. The second-order valence-electron chi connectivity index (χ2n) is 6.60. The van der Waals surface area contributed by atoms with Crippen LogP contribution in [-0.4, -0.2) is 12.1 Å². The third-order valence-electron chi connectivity index (χ3n) is 5.57. The van der Waals surface area contributed by atoms with E-state index in [0.717, 1.165) is 29.8 Å². The van der Waals surface area contributed by atoms with Gasteiger partial charge in [0.2, 0.25) is 0 Å². The molecule has 0 saturated heterocycles. The lowest BCUT2D eigenvalue weighted by molar-refractivity contribution is 0.156. The summed E-state index contributed by atoms with van der Waals surface area (Å²) in [6.07, 6.45) is 11.5. The monoisotopic (exact) mass is 237 g/mol. The second-order valence-corrected chi connectivity index (χ2v) is 6.60. The van der Waals surface area contributed by atoms with Crippen molar-refractivity contribution < 1.29 is 0 Å². The van der Waals surface area contributed by atoms with Crippen LogP contribution in [0.4, 0.5) is 0 Å². The van der Waals surface area contributed by atoms with E-state index in [4.69, 9.17) is 0 Å². The van der Waals surface area contributed by atoms with E-state index >= 15 is 0 Å². The number of hydrogen-bond acceptors (Lipinski definition) is 1. The van der Waals surface area contributed by atoms with Crippen LogP contribution in [0.2, 0.25) is 0 Å². The van der Waals surface area contributed by atoms with Gasteiger partial charge in [-0.1, -0.05) is 52.9 Å². The lowest BCUT2D eigenvalue weighted by atomic mass is 9.76. The maximum atomic E-state index is 4.04. The molecule has 1 nitrogen and oxygen atoms in total. The standard InChI is InChI=1S/C16H31N/c1-4-14-9-5-6-10-16(14)17-15-11-7-8-12(2)13(15)3/h12-17H,4-11H2,1-3H3. The van der Waals surface area contributed by atoms with Crippen LogP contribution in [0.3, 0.4) is 0 Å². The Balaban J connectivity index is 1.89. The highest BCUT2D eigenvalue weighted by Crippen LogP contribution is 2.33. The Hall–Kier alpha value is -0.0400. The van der Waals surface area contributed by atoms with Crippen molar-refractivity contribution in [3.63, 3.8) is 0 Å². The smallest absolute Gasteiger partial charge is 0.00979 e. The normalized spacial score (nSPS) is 43.6. The molecule has 2 aliphatic rings. The molecule has 0 aromatic heterocycles. The van der Waals surface area contributed by atoms with Gasteiger partial charge in [-0.15, -0.1) is 0 Å². The third kappa shape index (κ3) is 3.24. The van der Waals surface area contributed by atoms with Crippen molar-refractivity contribution in [3.05, 3.63) is 0 Å². The molecule has 1 N–H and O–H groups in total. The van der Waals surface area contributed by atoms with Gasteiger partial charge in [-0.25, -0.2) is 0 Å². The Morgan fingerprint density at radius 2 is 1.59 bits per heavy atom. The van der Waals surface area contributed by atoms with E-state index in [1.807, 2.05) is 0 Å². The zero-order valence-corrected chi connectivity index (χ0v) is 12.0. The summed E-state index contributed by atoms with van der Waals surface area (Å²) in [4.78, 5) is 0. The first-order valence-corrected chi connectivity index (χ1v) is 7.98. The van der Waals surface area contributed by atoms with Gasteiger partial charge in [0, 0.05) is 12.1 Å². The fraction of sp³-hybridized carbons (Fsp3) is 1.00. The third-order valence-corrected chi connectivity index (χ3v) is 5.57. The molecule has 2 rings (SSSR count). The second kappa shape index (κ2) is 6.22. The minimum atomic E-state index is 0.802. The molecular formula is C16H31N. The van der Waals surface area contributed by atoms with E-state index in [9.17, 15) is 0 Å². The van der Waals surface area contributed by atoms with Gasteiger partial charge in [-0.05, 0) is 37.0 Å². The average molecular weight is 237 g/mol. The molecule has 0 heterocycles. The van der Waals surface area contributed by atoms with Gasteiger partial charge in [0.1, 0.15) is 0 Å². The summed E-state index contributed by atoms with van der Waals surface area (Å²) >= 11 is 0. The lowest BCUT2D eigenvalue weighted by Gasteiger charge is -2.40. The van der Waals surface area contributed by atoms with Gasteiger partial charge in [0.25, 0.3) is 0 Å². The highest BCUT2D eigenvalue weighted by molar-refractivity contribution is 4.88. The molecule has 5 unspecified atom stereocenters. The Morgan fingerprint density at radius 1 is 0.882 bits per heavy atom. The molecule has 0 bridgehead atoms. The molecule has 0 radical (unpaired) electrons.